The summed E-state index contributed by atoms with van der Waals surface area (Å²) in [6, 6.07) is 23.3. The molecule has 7 nitrogen and oxygen atoms in total. The highest BCUT2D eigenvalue weighted by atomic mass is 35.5. The van der Waals surface area contributed by atoms with Crippen LogP contribution in [0.25, 0.3) is 10.8 Å². The summed E-state index contributed by atoms with van der Waals surface area (Å²) in [4.78, 5) is 24.2. The van der Waals surface area contributed by atoms with Crippen LogP contribution < -0.4 is 9.62 Å². The second kappa shape index (κ2) is 10.4. The number of benzene rings is 4. The Balaban J connectivity index is 1.66. The fraction of sp³-hybridized carbons (Fsp3) is 0.111. The Bertz CT molecular complexity index is 1570. The predicted molar refractivity (Wildman–Crippen MR) is 140 cm³/mol. The van der Waals surface area contributed by atoms with E-state index >= 15 is 0 Å². The lowest BCUT2D eigenvalue weighted by molar-refractivity contribution is -0.119. The third kappa shape index (κ3) is 5.35. The van der Waals surface area contributed by atoms with Crippen molar-refractivity contribution in [3.63, 3.8) is 0 Å². The molecule has 0 bridgehead atoms. The number of nitrogens with one attached hydrogen (secondary N) is 1. The molecule has 9 heteroatoms. The molecule has 1 amide bonds. The summed E-state index contributed by atoms with van der Waals surface area (Å²) in [7, 11) is -4.14. The molecule has 0 heterocycles. The zero-order valence-corrected chi connectivity index (χ0v) is 20.9. The van der Waals surface area contributed by atoms with E-state index in [0.29, 0.717) is 21.8 Å². The van der Waals surface area contributed by atoms with Crippen LogP contribution in [-0.2, 0) is 21.4 Å². The molecule has 36 heavy (non-hydrogen) atoms. The van der Waals surface area contributed by atoms with Crippen molar-refractivity contribution in [2.45, 2.75) is 18.4 Å². The predicted octanol–water partition coefficient (Wildman–Crippen LogP) is 5.01. The maximum absolute atomic E-state index is 13.8. The summed E-state index contributed by atoms with van der Waals surface area (Å²) in [5.41, 5.74) is 1.48. The van der Waals surface area contributed by atoms with E-state index in [9.17, 15) is 23.1 Å². The first kappa shape index (κ1) is 25.2. The van der Waals surface area contributed by atoms with Gasteiger partial charge in [0.25, 0.3) is 10.0 Å². The van der Waals surface area contributed by atoms with Crippen molar-refractivity contribution < 1.29 is 23.1 Å². The summed E-state index contributed by atoms with van der Waals surface area (Å²) < 4.78 is 28.7. The maximum Gasteiger partial charge on any atom is 0.335 e. The number of aromatic carboxylic acids is 1. The van der Waals surface area contributed by atoms with E-state index in [1.54, 1.807) is 49.4 Å². The standard InChI is InChI=1S/C27H23ClN2O5S/c1-18-24(28)10-5-11-25(18)30(17-26(31)29-16-19-6-4-9-22(14-19)27(32)33)36(34,35)23-13-12-20-7-2-3-8-21(20)15-23/h2-15H,16-17H2,1H3,(H,29,31)(H,32,33). The van der Waals surface area contributed by atoms with Gasteiger partial charge in [0.15, 0.2) is 0 Å². The van der Waals surface area contributed by atoms with E-state index in [2.05, 4.69) is 5.32 Å². The Morgan fingerprint density at radius 3 is 2.39 bits per heavy atom. The zero-order valence-electron chi connectivity index (χ0n) is 19.3. The SMILES string of the molecule is Cc1c(Cl)cccc1N(CC(=O)NCc1cccc(C(=O)O)c1)S(=O)(=O)c1ccc2ccccc2c1. The highest BCUT2D eigenvalue weighted by Crippen LogP contribution is 2.31. The first-order valence-electron chi connectivity index (χ1n) is 11.0. The van der Waals surface area contributed by atoms with E-state index in [-0.39, 0.29) is 17.0 Å². The number of carbonyl (C=O) groups excluding carboxylic acids is 1. The highest BCUT2D eigenvalue weighted by molar-refractivity contribution is 7.92. The van der Waals surface area contributed by atoms with Crippen LogP contribution in [-0.4, -0.2) is 31.9 Å². The lowest BCUT2D eigenvalue weighted by atomic mass is 10.1. The van der Waals surface area contributed by atoms with Crippen LogP contribution in [0.3, 0.4) is 0 Å². The quantitative estimate of drug-likeness (QED) is 0.338. The van der Waals surface area contributed by atoms with Gasteiger partial charge in [-0.25, -0.2) is 13.2 Å². The number of hydrogen-bond acceptors (Lipinski definition) is 4. The number of sulfonamides is 1. The lowest BCUT2D eigenvalue weighted by Gasteiger charge is -2.26. The first-order chi connectivity index (χ1) is 17.2. The molecule has 0 unspecified atom stereocenters. The number of nitrogens with zero attached hydrogens (tertiary/aromatic N) is 1. The molecule has 0 radical (unpaired) electrons. The van der Waals surface area contributed by atoms with E-state index in [1.807, 2.05) is 24.3 Å². The van der Waals surface area contributed by atoms with Gasteiger partial charge in [0.2, 0.25) is 5.91 Å². The van der Waals surface area contributed by atoms with Crippen molar-refractivity contribution in [1.82, 2.24) is 5.32 Å². The van der Waals surface area contributed by atoms with Crippen LogP contribution >= 0.6 is 11.6 Å². The Morgan fingerprint density at radius 2 is 1.64 bits per heavy atom. The molecule has 4 aromatic carbocycles. The topological polar surface area (TPSA) is 104 Å². The summed E-state index contributed by atoms with van der Waals surface area (Å²) in [6.45, 7) is 1.24. The minimum Gasteiger partial charge on any atom is -0.478 e. The van der Waals surface area contributed by atoms with Crippen molar-refractivity contribution in [1.29, 1.82) is 0 Å². The molecule has 0 spiro atoms. The molecule has 0 aliphatic carbocycles. The fourth-order valence-electron chi connectivity index (χ4n) is 3.82. The Morgan fingerprint density at radius 1 is 0.917 bits per heavy atom. The Kier molecular flexibility index (Phi) is 7.28. The van der Waals surface area contributed by atoms with E-state index < -0.39 is 28.4 Å². The molecular weight excluding hydrogens is 500 g/mol. The van der Waals surface area contributed by atoms with Crippen molar-refractivity contribution >= 4 is 50.0 Å². The van der Waals surface area contributed by atoms with E-state index in [4.69, 9.17) is 11.6 Å². The van der Waals surface area contributed by atoms with Gasteiger partial charge in [-0.15, -0.1) is 0 Å². The van der Waals surface area contributed by atoms with Crippen LogP contribution in [0.4, 0.5) is 5.69 Å². The van der Waals surface area contributed by atoms with E-state index in [1.165, 1.54) is 18.2 Å². The average Bonchev–Trinajstić information content (AvgIpc) is 2.87. The summed E-state index contributed by atoms with van der Waals surface area (Å²) in [5, 5.41) is 13.9. The Hall–Kier alpha value is -3.88. The smallest absolute Gasteiger partial charge is 0.335 e. The number of amides is 1. The molecule has 2 N–H and O–H groups in total. The monoisotopic (exact) mass is 522 g/mol. The second-order valence-corrected chi connectivity index (χ2v) is 10.5. The number of halogens is 1. The average molecular weight is 523 g/mol. The Labute approximate surface area is 214 Å². The number of anilines is 1. The summed E-state index contributed by atoms with van der Waals surface area (Å²) >= 11 is 6.28. The molecule has 0 saturated carbocycles. The number of hydrogen-bond donors (Lipinski definition) is 2. The minimum atomic E-state index is -4.14. The van der Waals surface area contributed by atoms with Gasteiger partial charge in [-0.1, -0.05) is 60.1 Å². The van der Waals surface area contributed by atoms with Gasteiger partial charge in [-0.05, 0) is 65.2 Å². The number of carboxylic acid groups (broad SMARTS) is 1. The van der Waals surface area contributed by atoms with Crippen LogP contribution in [0.2, 0.25) is 5.02 Å². The van der Waals surface area contributed by atoms with Gasteiger partial charge in [0.05, 0.1) is 16.1 Å². The van der Waals surface area contributed by atoms with Gasteiger partial charge in [0, 0.05) is 11.6 Å². The summed E-state index contributed by atoms with van der Waals surface area (Å²) in [5.74, 6) is -1.63. The molecule has 184 valence electrons. The number of fused-ring (bicyclic) bond motifs is 1. The maximum atomic E-state index is 13.8. The van der Waals surface area contributed by atoms with Gasteiger partial charge in [-0.2, -0.15) is 0 Å². The molecular formula is C27H23ClN2O5S. The number of rotatable bonds is 8. The van der Waals surface area contributed by atoms with Crippen LogP contribution in [0, 0.1) is 6.92 Å². The van der Waals surface area contributed by atoms with Gasteiger partial charge < -0.3 is 10.4 Å². The van der Waals surface area contributed by atoms with Gasteiger partial charge in [0.1, 0.15) is 6.54 Å². The third-order valence-electron chi connectivity index (χ3n) is 5.77. The van der Waals surface area contributed by atoms with Crippen LogP contribution in [0.1, 0.15) is 21.5 Å². The molecule has 0 saturated heterocycles. The first-order valence-corrected chi connectivity index (χ1v) is 12.8. The molecule has 0 aromatic heterocycles. The lowest BCUT2D eigenvalue weighted by Crippen LogP contribution is -2.41. The largest absolute Gasteiger partial charge is 0.478 e. The molecule has 0 aliphatic heterocycles. The molecule has 0 fully saturated rings. The van der Waals surface area contributed by atoms with Crippen LogP contribution in [0.5, 0.6) is 0 Å². The van der Waals surface area contributed by atoms with E-state index in [0.717, 1.165) is 15.1 Å². The highest BCUT2D eigenvalue weighted by Gasteiger charge is 2.29. The van der Waals surface area contributed by atoms with Gasteiger partial charge >= 0.3 is 5.97 Å². The number of carboxylic acids is 1. The number of carbonyl (C=O) groups is 2. The molecule has 4 aromatic rings. The van der Waals surface area contributed by atoms with Crippen molar-refractivity contribution in [2.24, 2.45) is 0 Å². The third-order valence-corrected chi connectivity index (χ3v) is 7.93. The molecule has 4 rings (SSSR count). The van der Waals surface area contributed by atoms with Crippen molar-refractivity contribution in [2.75, 3.05) is 10.8 Å². The molecule has 0 atom stereocenters. The second-order valence-electron chi connectivity index (χ2n) is 8.19. The van der Waals surface area contributed by atoms with Gasteiger partial charge in [-0.3, -0.25) is 9.10 Å². The van der Waals surface area contributed by atoms with Crippen LogP contribution in [0.15, 0.2) is 89.8 Å². The normalized spacial score (nSPS) is 11.3. The zero-order chi connectivity index (χ0) is 25.9. The fourth-order valence-corrected chi connectivity index (χ4v) is 5.51. The molecule has 0 aliphatic rings. The minimum absolute atomic E-state index is 0.0400. The van der Waals surface area contributed by atoms with Crippen molar-refractivity contribution in [3.8, 4) is 0 Å². The summed E-state index contributed by atoms with van der Waals surface area (Å²) in [6.07, 6.45) is 0. The van der Waals surface area contributed by atoms with Crippen molar-refractivity contribution in [3.05, 3.63) is 107 Å².